The lowest BCUT2D eigenvalue weighted by atomic mass is 10.2. The van der Waals surface area contributed by atoms with Crippen LogP contribution in [0.5, 0.6) is 0 Å². The number of carbonyl (C=O) groups excluding carboxylic acids is 1. The lowest BCUT2D eigenvalue weighted by molar-refractivity contribution is -0.377. The number of rotatable bonds is 5. The Balaban J connectivity index is 1.47. The summed E-state index contributed by atoms with van der Waals surface area (Å²) in [4.78, 5) is 20.1. The van der Waals surface area contributed by atoms with Crippen LogP contribution >= 0.6 is 27.7 Å². The lowest BCUT2D eigenvalue weighted by Gasteiger charge is -2.36. The van der Waals surface area contributed by atoms with Crippen LogP contribution in [0.15, 0.2) is 53.3 Å². The average Bonchev–Trinajstić information content (AvgIpc) is 2.67. The van der Waals surface area contributed by atoms with E-state index in [9.17, 15) is 4.79 Å². The molecule has 0 unspecified atom stereocenters. The molecule has 1 fully saturated rings. The summed E-state index contributed by atoms with van der Waals surface area (Å²) < 4.78 is 1.08. The Morgan fingerprint density at radius 1 is 1.12 bits per heavy atom. The summed E-state index contributed by atoms with van der Waals surface area (Å²) in [5.74, 6) is 1.11. The van der Waals surface area contributed by atoms with Gasteiger partial charge in [0.25, 0.3) is 0 Å². The van der Waals surface area contributed by atoms with E-state index in [0.29, 0.717) is 0 Å². The zero-order valence-corrected chi connectivity index (χ0v) is 16.7. The van der Waals surface area contributed by atoms with Crippen LogP contribution in [0.2, 0.25) is 0 Å². The van der Waals surface area contributed by atoms with Gasteiger partial charge < -0.3 is 9.80 Å². The first kappa shape index (κ1) is 18.3. The predicted molar refractivity (Wildman–Crippen MR) is 107 cm³/mol. The maximum absolute atomic E-state index is 12.7. The van der Waals surface area contributed by atoms with Crippen LogP contribution in [0, 0.1) is 0 Å². The number of hydrogen-bond donors (Lipinski definition) is 0. The van der Waals surface area contributed by atoms with Gasteiger partial charge in [-0.2, -0.15) is 0 Å². The van der Waals surface area contributed by atoms with Crippen molar-refractivity contribution in [1.29, 1.82) is 0 Å². The van der Waals surface area contributed by atoms with Crippen molar-refractivity contribution in [3.05, 3.63) is 58.8 Å². The summed E-state index contributed by atoms with van der Waals surface area (Å²) in [5, 5.41) is -0.0125. The molecule has 1 N–H and O–H groups in total. The number of H-pyrrole nitrogens is 1. The van der Waals surface area contributed by atoms with Gasteiger partial charge in [0.2, 0.25) is 5.91 Å². The smallest absolute Gasteiger partial charge is 0.235 e. The van der Waals surface area contributed by atoms with E-state index >= 15 is 0 Å². The number of hydrogen-bond acceptors (Lipinski definition) is 3. The largest absolute Gasteiger partial charge is 0.368 e. The number of thioether (sulfide) groups is 1. The second kappa shape index (κ2) is 8.72. The highest BCUT2D eigenvalue weighted by Gasteiger charge is 2.25. The van der Waals surface area contributed by atoms with E-state index in [0.717, 1.165) is 36.4 Å². The maximum Gasteiger partial charge on any atom is 0.235 e. The number of benzene rings is 1. The van der Waals surface area contributed by atoms with E-state index in [2.05, 4.69) is 50.1 Å². The standard InChI is InChI=1S/C19H22BrN3OS/c1-15(25-14-16-2-4-17(20)5-3-16)19(24)23-12-10-22(11-13-23)18-6-8-21-9-7-18/h2-9,15H,10-14H2,1H3/p+1/t15-/m0/s1. The predicted octanol–water partition coefficient (Wildman–Crippen LogP) is 3.23. The molecular formula is C19H23BrN3OS+. The number of pyridine rings is 1. The van der Waals surface area contributed by atoms with Gasteiger partial charge in [0.05, 0.1) is 5.25 Å². The molecule has 4 nitrogen and oxygen atoms in total. The van der Waals surface area contributed by atoms with E-state index in [1.54, 1.807) is 11.8 Å². The monoisotopic (exact) mass is 420 g/mol. The number of aromatic amines is 1. The topological polar surface area (TPSA) is 37.7 Å². The Hall–Kier alpha value is -1.53. The quantitative estimate of drug-likeness (QED) is 0.744. The number of halogens is 1. The zero-order valence-electron chi connectivity index (χ0n) is 14.3. The van der Waals surface area contributed by atoms with Crippen LogP contribution in [0.3, 0.4) is 0 Å². The number of amides is 1. The highest BCUT2D eigenvalue weighted by molar-refractivity contribution is 9.10. The fourth-order valence-corrected chi connectivity index (χ4v) is 4.10. The molecule has 1 saturated heterocycles. The van der Waals surface area contributed by atoms with Gasteiger partial charge in [-0.05, 0) is 24.6 Å². The van der Waals surface area contributed by atoms with Gasteiger partial charge in [-0.1, -0.05) is 28.1 Å². The van der Waals surface area contributed by atoms with Gasteiger partial charge >= 0.3 is 0 Å². The Labute approximate surface area is 161 Å². The Morgan fingerprint density at radius 3 is 2.40 bits per heavy atom. The first-order chi connectivity index (χ1) is 12.1. The molecule has 3 rings (SSSR count). The summed E-state index contributed by atoms with van der Waals surface area (Å²) in [7, 11) is 0. The molecule has 0 radical (unpaired) electrons. The second-order valence-electron chi connectivity index (χ2n) is 6.15. The van der Waals surface area contributed by atoms with Crippen molar-refractivity contribution >= 4 is 39.3 Å². The summed E-state index contributed by atoms with van der Waals surface area (Å²) >= 11 is 5.16. The van der Waals surface area contributed by atoms with Crippen molar-refractivity contribution in [2.75, 3.05) is 31.1 Å². The van der Waals surface area contributed by atoms with Gasteiger partial charge in [-0.25, -0.2) is 4.98 Å². The van der Waals surface area contributed by atoms with Crippen molar-refractivity contribution in [1.82, 2.24) is 4.90 Å². The first-order valence-corrected chi connectivity index (χ1v) is 10.3. The van der Waals surface area contributed by atoms with Gasteiger partial charge in [0.15, 0.2) is 12.4 Å². The molecule has 1 atom stereocenters. The lowest BCUT2D eigenvalue weighted by Crippen LogP contribution is -2.50. The molecule has 0 bridgehead atoms. The van der Waals surface area contributed by atoms with E-state index in [1.807, 2.05) is 36.4 Å². The van der Waals surface area contributed by atoms with Crippen LogP contribution in [0.1, 0.15) is 12.5 Å². The minimum atomic E-state index is -0.0125. The van der Waals surface area contributed by atoms with Gasteiger partial charge in [0.1, 0.15) is 0 Å². The van der Waals surface area contributed by atoms with E-state index < -0.39 is 0 Å². The van der Waals surface area contributed by atoms with Gasteiger partial charge in [-0.15, -0.1) is 11.8 Å². The highest BCUT2D eigenvalue weighted by Crippen LogP contribution is 2.22. The van der Waals surface area contributed by atoms with E-state index in [1.165, 1.54) is 11.3 Å². The summed E-state index contributed by atoms with van der Waals surface area (Å²) in [6.45, 7) is 5.38. The molecule has 0 spiro atoms. The minimum absolute atomic E-state index is 0.0125. The molecule has 0 saturated carbocycles. The number of aromatic nitrogens is 1. The maximum atomic E-state index is 12.7. The number of nitrogens with one attached hydrogen (secondary N) is 1. The van der Waals surface area contributed by atoms with Gasteiger partial charge in [0, 0.05) is 54.2 Å². The molecule has 2 heterocycles. The van der Waals surface area contributed by atoms with Crippen molar-refractivity contribution in [2.24, 2.45) is 0 Å². The SMILES string of the molecule is C[C@H](SCc1ccc(Br)cc1)C(=O)N1CCN(c2cc[nH+]cc2)CC1. The summed E-state index contributed by atoms with van der Waals surface area (Å²) in [5.41, 5.74) is 2.46. The van der Waals surface area contributed by atoms with Crippen LogP contribution < -0.4 is 9.88 Å². The molecule has 1 amide bonds. The molecule has 25 heavy (non-hydrogen) atoms. The minimum Gasteiger partial charge on any atom is -0.368 e. The molecule has 2 aromatic rings. The molecular weight excluding hydrogens is 398 g/mol. The van der Waals surface area contributed by atoms with E-state index in [-0.39, 0.29) is 11.2 Å². The van der Waals surface area contributed by atoms with Gasteiger partial charge in [-0.3, -0.25) is 4.79 Å². The molecule has 132 valence electrons. The second-order valence-corrected chi connectivity index (χ2v) is 8.40. The first-order valence-electron chi connectivity index (χ1n) is 8.49. The Morgan fingerprint density at radius 2 is 1.76 bits per heavy atom. The van der Waals surface area contributed by atoms with Crippen molar-refractivity contribution in [3.63, 3.8) is 0 Å². The Bertz CT molecular complexity index is 688. The molecule has 1 aliphatic rings. The van der Waals surface area contributed by atoms with Crippen molar-refractivity contribution in [2.45, 2.75) is 17.9 Å². The van der Waals surface area contributed by atoms with Crippen LogP contribution in [-0.4, -0.2) is 42.2 Å². The molecule has 1 aromatic carbocycles. The number of nitrogens with zero attached hydrogens (tertiary/aromatic N) is 2. The highest BCUT2D eigenvalue weighted by atomic mass is 79.9. The third-order valence-corrected chi connectivity index (χ3v) is 6.15. The number of anilines is 1. The molecule has 6 heteroatoms. The molecule has 1 aliphatic heterocycles. The van der Waals surface area contributed by atoms with Crippen molar-refractivity contribution < 1.29 is 9.78 Å². The third kappa shape index (κ3) is 4.98. The zero-order chi connectivity index (χ0) is 17.6. The Kier molecular flexibility index (Phi) is 6.37. The summed E-state index contributed by atoms with van der Waals surface area (Å²) in [6.07, 6.45) is 3.88. The molecule has 0 aliphatic carbocycles. The fourth-order valence-electron chi connectivity index (χ4n) is 2.90. The third-order valence-electron chi connectivity index (χ3n) is 4.42. The van der Waals surface area contributed by atoms with Crippen molar-refractivity contribution in [3.8, 4) is 0 Å². The van der Waals surface area contributed by atoms with E-state index in [4.69, 9.17) is 0 Å². The fraction of sp³-hybridized carbons (Fsp3) is 0.368. The number of piperazine rings is 1. The summed E-state index contributed by atoms with van der Waals surface area (Å²) in [6, 6.07) is 12.4. The van der Waals surface area contributed by atoms with Crippen LogP contribution in [0.4, 0.5) is 5.69 Å². The van der Waals surface area contributed by atoms with Crippen LogP contribution in [-0.2, 0) is 10.5 Å². The molecule has 1 aromatic heterocycles. The average molecular weight is 421 g/mol. The van der Waals surface area contributed by atoms with Crippen LogP contribution in [0.25, 0.3) is 0 Å². The number of carbonyl (C=O) groups is 1. The normalized spacial score (nSPS) is 15.9.